The molecule has 2 saturated heterocycles. The van der Waals surface area contributed by atoms with E-state index < -0.39 is 5.79 Å². The van der Waals surface area contributed by atoms with Gasteiger partial charge in [-0.3, -0.25) is 4.79 Å². The Kier molecular flexibility index (Phi) is 1.89. The Balaban J connectivity index is 1.78. The van der Waals surface area contributed by atoms with Crippen molar-refractivity contribution in [1.29, 1.82) is 0 Å². The standard InChI is InChI=1S/C11H16O4/c1-11(2)14-8-3-6-5-13-10(12)7(6)4-9(8)15-11/h6-9H,3-5H2,1-2H3/t6-,7+,8-,9-/m0/s1. The molecule has 0 radical (unpaired) electrons. The normalized spacial score (nSPS) is 47.2. The highest BCUT2D eigenvalue weighted by Crippen LogP contribution is 2.44. The van der Waals surface area contributed by atoms with Crippen molar-refractivity contribution in [2.75, 3.05) is 6.61 Å². The third-order valence-electron chi connectivity index (χ3n) is 3.62. The monoisotopic (exact) mass is 212 g/mol. The van der Waals surface area contributed by atoms with Crippen LogP contribution in [-0.4, -0.2) is 30.6 Å². The van der Waals surface area contributed by atoms with E-state index in [2.05, 4.69) is 0 Å². The highest BCUT2D eigenvalue weighted by Gasteiger charge is 2.52. The smallest absolute Gasteiger partial charge is 0.309 e. The van der Waals surface area contributed by atoms with Crippen LogP contribution < -0.4 is 0 Å². The first kappa shape index (κ1) is 9.60. The molecule has 3 fully saturated rings. The van der Waals surface area contributed by atoms with E-state index in [4.69, 9.17) is 14.2 Å². The molecule has 0 aromatic carbocycles. The van der Waals surface area contributed by atoms with Gasteiger partial charge < -0.3 is 14.2 Å². The van der Waals surface area contributed by atoms with Crippen LogP contribution >= 0.6 is 0 Å². The predicted octanol–water partition coefficient (Wildman–Crippen LogP) is 1.09. The van der Waals surface area contributed by atoms with Gasteiger partial charge in [0, 0.05) is 5.92 Å². The molecule has 1 saturated carbocycles. The average Bonchev–Trinajstić information content (AvgIpc) is 2.62. The summed E-state index contributed by atoms with van der Waals surface area (Å²) < 4.78 is 16.7. The Hall–Kier alpha value is -0.610. The highest BCUT2D eigenvalue weighted by atomic mass is 16.8. The fourth-order valence-corrected chi connectivity index (χ4v) is 2.98. The number of hydrogen-bond acceptors (Lipinski definition) is 4. The minimum Gasteiger partial charge on any atom is -0.465 e. The number of ether oxygens (including phenoxy) is 3. The van der Waals surface area contributed by atoms with Crippen LogP contribution in [0, 0.1) is 11.8 Å². The van der Waals surface area contributed by atoms with E-state index in [0.29, 0.717) is 12.5 Å². The molecule has 0 N–H and O–H groups in total. The number of esters is 1. The summed E-state index contributed by atoms with van der Waals surface area (Å²) in [7, 11) is 0. The summed E-state index contributed by atoms with van der Waals surface area (Å²) >= 11 is 0. The zero-order valence-corrected chi connectivity index (χ0v) is 9.06. The molecule has 0 aromatic rings. The summed E-state index contributed by atoms with van der Waals surface area (Å²) in [5, 5.41) is 0. The fourth-order valence-electron chi connectivity index (χ4n) is 2.98. The summed E-state index contributed by atoms with van der Waals surface area (Å²) in [5.74, 6) is -0.149. The van der Waals surface area contributed by atoms with Crippen LogP contribution in [0.2, 0.25) is 0 Å². The molecule has 84 valence electrons. The van der Waals surface area contributed by atoms with E-state index in [1.807, 2.05) is 13.8 Å². The van der Waals surface area contributed by atoms with Gasteiger partial charge in [-0.15, -0.1) is 0 Å². The molecule has 15 heavy (non-hydrogen) atoms. The van der Waals surface area contributed by atoms with Gasteiger partial charge in [0.25, 0.3) is 0 Å². The Labute approximate surface area is 88.9 Å². The third kappa shape index (κ3) is 1.47. The maximum absolute atomic E-state index is 11.4. The summed E-state index contributed by atoms with van der Waals surface area (Å²) in [6.45, 7) is 4.43. The van der Waals surface area contributed by atoms with Crippen LogP contribution in [0.1, 0.15) is 26.7 Å². The number of fused-ring (bicyclic) bond motifs is 2. The second-order valence-corrected chi connectivity index (χ2v) is 5.18. The van der Waals surface area contributed by atoms with E-state index in [1.165, 1.54) is 0 Å². The maximum atomic E-state index is 11.4. The van der Waals surface area contributed by atoms with Gasteiger partial charge in [-0.1, -0.05) is 0 Å². The van der Waals surface area contributed by atoms with Crippen LogP contribution in [0.15, 0.2) is 0 Å². The van der Waals surface area contributed by atoms with Crippen molar-refractivity contribution in [3.05, 3.63) is 0 Å². The van der Waals surface area contributed by atoms with Crippen molar-refractivity contribution in [3.63, 3.8) is 0 Å². The minimum atomic E-state index is -0.488. The van der Waals surface area contributed by atoms with Gasteiger partial charge in [0.2, 0.25) is 0 Å². The van der Waals surface area contributed by atoms with E-state index in [1.54, 1.807) is 0 Å². The van der Waals surface area contributed by atoms with E-state index in [9.17, 15) is 4.79 Å². The summed E-state index contributed by atoms with van der Waals surface area (Å²) in [5.41, 5.74) is 0. The van der Waals surface area contributed by atoms with E-state index in [0.717, 1.165) is 12.8 Å². The molecule has 1 aliphatic carbocycles. The minimum absolute atomic E-state index is 0.0451. The van der Waals surface area contributed by atoms with Gasteiger partial charge in [-0.05, 0) is 26.7 Å². The second kappa shape index (κ2) is 2.95. The molecule has 0 bridgehead atoms. The molecular formula is C11H16O4. The lowest BCUT2D eigenvalue weighted by Gasteiger charge is -2.29. The molecule has 4 nitrogen and oxygen atoms in total. The first-order chi connectivity index (χ1) is 7.05. The zero-order valence-electron chi connectivity index (χ0n) is 9.06. The fraction of sp³-hybridized carbons (Fsp3) is 0.909. The predicted molar refractivity (Wildman–Crippen MR) is 51.0 cm³/mol. The molecule has 0 aromatic heterocycles. The quantitative estimate of drug-likeness (QED) is 0.564. The Morgan fingerprint density at radius 1 is 1.20 bits per heavy atom. The molecule has 4 heteroatoms. The second-order valence-electron chi connectivity index (χ2n) is 5.18. The Morgan fingerprint density at radius 2 is 1.87 bits per heavy atom. The van der Waals surface area contributed by atoms with Crippen molar-refractivity contribution in [2.24, 2.45) is 11.8 Å². The number of carbonyl (C=O) groups excluding carboxylic acids is 1. The van der Waals surface area contributed by atoms with Crippen LogP contribution in [0.25, 0.3) is 0 Å². The molecular weight excluding hydrogens is 196 g/mol. The van der Waals surface area contributed by atoms with Crippen LogP contribution in [-0.2, 0) is 19.0 Å². The van der Waals surface area contributed by atoms with Crippen molar-refractivity contribution in [3.8, 4) is 0 Å². The lowest BCUT2D eigenvalue weighted by Crippen LogP contribution is -2.37. The van der Waals surface area contributed by atoms with Crippen LogP contribution in [0.3, 0.4) is 0 Å². The number of hydrogen-bond donors (Lipinski definition) is 0. The average molecular weight is 212 g/mol. The lowest BCUT2D eigenvalue weighted by atomic mass is 9.78. The molecule has 3 rings (SSSR count). The molecule has 0 spiro atoms. The number of cyclic esters (lactones) is 1. The van der Waals surface area contributed by atoms with Gasteiger partial charge in [0.15, 0.2) is 5.79 Å². The topological polar surface area (TPSA) is 44.8 Å². The first-order valence-corrected chi connectivity index (χ1v) is 5.57. The van der Waals surface area contributed by atoms with Crippen molar-refractivity contribution < 1.29 is 19.0 Å². The van der Waals surface area contributed by atoms with Gasteiger partial charge in [0.1, 0.15) is 0 Å². The molecule has 3 aliphatic rings. The molecule has 2 heterocycles. The third-order valence-corrected chi connectivity index (χ3v) is 3.62. The van der Waals surface area contributed by atoms with Gasteiger partial charge in [-0.2, -0.15) is 0 Å². The summed E-state index contributed by atoms with van der Waals surface area (Å²) in [6, 6.07) is 0. The zero-order chi connectivity index (χ0) is 10.6. The highest BCUT2D eigenvalue weighted by molar-refractivity contribution is 5.75. The van der Waals surface area contributed by atoms with Crippen molar-refractivity contribution in [2.45, 2.75) is 44.7 Å². The largest absolute Gasteiger partial charge is 0.465 e. The van der Waals surface area contributed by atoms with Gasteiger partial charge >= 0.3 is 5.97 Å². The van der Waals surface area contributed by atoms with Gasteiger partial charge in [0.05, 0.1) is 24.7 Å². The Morgan fingerprint density at radius 3 is 2.60 bits per heavy atom. The molecule has 0 unspecified atom stereocenters. The SMILES string of the molecule is CC1(C)O[C@H]2C[C@H]3COC(=O)[C@@H]3C[C@@H]2O1. The van der Waals surface area contributed by atoms with E-state index >= 15 is 0 Å². The first-order valence-electron chi connectivity index (χ1n) is 5.57. The molecule has 2 aliphatic heterocycles. The molecule has 4 atom stereocenters. The van der Waals surface area contributed by atoms with Crippen LogP contribution in [0.4, 0.5) is 0 Å². The van der Waals surface area contributed by atoms with Gasteiger partial charge in [-0.25, -0.2) is 0 Å². The van der Waals surface area contributed by atoms with Crippen molar-refractivity contribution in [1.82, 2.24) is 0 Å². The summed E-state index contributed by atoms with van der Waals surface area (Å²) in [6.07, 6.45) is 1.88. The Bertz CT molecular complexity index is 299. The number of rotatable bonds is 0. The van der Waals surface area contributed by atoms with Crippen LogP contribution in [0.5, 0.6) is 0 Å². The van der Waals surface area contributed by atoms with E-state index in [-0.39, 0.29) is 24.1 Å². The summed E-state index contributed by atoms with van der Waals surface area (Å²) in [4.78, 5) is 11.4. The number of carbonyl (C=O) groups is 1. The molecule has 0 amide bonds. The maximum Gasteiger partial charge on any atom is 0.309 e. The lowest BCUT2D eigenvalue weighted by molar-refractivity contribution is -0.149. The van der Waals surface area contributed by atoms with Crippen molar-refractivity contribution >= 4 is 5.97 Å².